The molecule has 1 amide bonds. The van der Waals surface area contributed by atoms with Crippen molar-refractivity contribution in [2.75, 3.05) is 6.54 Å². The van der Waals surface area contributed by atoms with Crippen LogP contribution in [-0.2, 0) is 9.53 Å². The van der Waals surface area contributed by atoms with E-state index in [2.05, 4.69) is 0 Å². The van der Waals surface area contributed by atoms with E-state index >= 15 is 0 Å². The van der Waals surface area contributed by atoms with Crippen LogP contribution in [0.3, 0.4) is 0 Å². The van der Waals surface area contributed by atoms with Crippen LogP contribution < -0.4 is 0 Å². The minimum atomic E-state index is -2.72. The average Bonchev–Trinajstić information content (AvgIpc) is 2.44. The Bertz CT molecular complexity index is 299. The van der Waals surface area contributed by atoms with Crippen molar-refractivity contribution in [3.8, 4) is 0 Å². The number of hydrogen-bond acceptors (Lipinski definition) is 3. The molecular weight excluding hydrogens is 220 g/mol. The van der Waals surface area contributed by atoms with Gasteiger partial charge in [0.25, 0.3) is 6.43 Å². The molecule has 4 nitrogen and oxygen atoms in total. The molecule has 1 heterocycles. The largest absolute Gasteiger partial charge is 0.444 e. The summed E-state index contributed by atoms with van der Waals surface area (Å²) in [6.45, 7) is 4.63. The Balaban J connectivity index is 2.71. The van der Waals surface area contributed by atoms with E-state index in [-0.39, 0.29) is 18.7 Å². The maximum absolute atomic E-state index is 12.6. The Morgan fingerprint density at radius 1 is 1.50 bits per heavy atom. The third-order valence-electron chi connectivity index (χ3n) is 2.10. The van der Waals surface area contributed by atoms with Gasteiger partial charge in [-0.15, -0.1) is 0 Å². The summed E-state index contributed by atoms with van der Waals surface area (Å²) in [6.07, 6.45) is -3.88. The predicted octanol–water partition coefficient (Wildman–Crippen LogP) is 1.83. The number of likely N-dealkylation sites (tertiary alicyclic amines) is 1. The van der Waals surface area contributed by atoms with E-state index in [1.54, 1.807) is 20.8 Å². The third-order valence-corrected chi connectivity index (χ3v) is 2.10. The number of halogens is 2. The second-order valence-corrected chi connectivity index (χ2v) is 4.75. The van der Waals surface area contributed by atoms with E-state index in [4.69, 9.17) is 4.74 Å². The van der Waals surface area contributed by atoms with Crippen molar-refractivity contribution in [1.82, 2.24) is 4.90 Å². The molecule has 92 valence electrons. The van der Waals surface area contributed by atoms with Gasteiger partial charge in [0.05, 0.1) is 6.54 Å². The molecule has 0 aromatic heterocycles. The minimum Gasteiger partial charge on any atom is -0.444 e. The van der Waals surface area contributed by atoms with Gasteiger partial charge in [-0.3, -0.25) is 9.69 Å². The number of carbonyl (C=O) groups excluding carboxylic acids is 2. The van der Waals surface area contributed by atoms with E-state index < -0.39 is 24.2 Å². The van der Waals surface area contributed by atoms with Crippen molar-refractivity contribution in [1.29, 1.82) is 0 Å². The van der Waals surface area contributed by atoms with Crippen LogP contribution in [0, 0.1) is 0 Å². The van der Waals surface area contributed by atoms with Gasteiger partial charge >= 0.3 is 6.09 Å². The van der Waals surface area contributed by atoms with Crippen LogP contribution >= 0.6 is 0 Å². The molecule has 1 rings (SSSR count). The zero-order valence-electron chi connectivity index (χ0n) is 9.50. The lowest BCUT2D eigenvalue weighted by molar-refractivity contribution is -0.117. The summed E-state index contributed by atoms with van der Waals surface area (Å²) < 4.78 is 30.1. The highest BCUT2D eigenvalue weighted by atomic mass is 19.3. The minimum absolute atomic E-state index is 0.288. The van der Waals surface area contributed by atoms with Crippen molar-refractivity contribution in [3.05, 3.63) is 0 Å². The number of alkyl halides is 2. The van der Waals surface area contributed by atoms with Crippen molar-refractivity contribution in [2.24, 2.45) is 0 Å². The molecular formula is C10H15F2NO3. The molecule has 0 aliphatic carbocycles. The summed E-state index contributed by atoms with van der Waals surface area (Å²) in [5, 5.41) is 0. The normalized spacial score (nSPS) is 21.8. The molecule has 0 unspecified atom stereocenters. The van der Waals surface area contributed by atoms with E-state index in [1.807, 2.05) is 0 Å². The fourth-order valence-electron chi connectivity index (χ4n) is 1.46. The first-order valence-corrected chi connectivity index (χ1v) is 5.00. The summed E-state index contributed by atoms with van der Waals surface area (Å²) in [4.78, 5) is 23.4. The predicted molar refractivity (Wildman–Crippen MR) is 52.4 cm³/mol. The second-order valence-electron chi connectivity index (χ2n) is 4.75. The van der Waals surface area contributed by atoms with Crippen LogP contribution in [0.2, 0.25) is 0 Å². The van der Waals surface area contributed by atoms with Gasteiger partial charge in [0, 0.05) is 6.42 Å². The smallest absolute Gasteiger partial charge is 0.411 e. The van der Waals surface area contributed by atoms with Gasteiger partial charge in [-0.25, -0.2) is 13.6 Å². The first-order chi connectivity index (χ1) is 7.20. The van der Waals surface area contributed by atoms with Gasteiger partial charge < -0.3 is 4.74 Å². The molecule has 0 bridgehead atoms. The maximum atomic E-state index is 12.6. The van der Waals surface area contributed by atoms with Gasteiger partial charge in [0.15, 0.2) is 5.78 Å². The third kappa shape index (κ3) is 3.15. The second kappa shape index (κ2) is 4.35. The number of amides is 1. The molecule has 1 saturated heterocycles. The summed E-state index contributed by atoms with van der Waals surface area (Å²) in [7, 11) is 0. The lowest BCUT2D eigenvalue weighted by atomic mass is 10.2. The van der Waals surface area contributed by atoms with Gasteiger partial charge in [0.2, 0.25) is 0 Å². The number of Topliss-reactive ketones (excluding diaryl/α,β-unsaturated/α-hetero) is 1. The fourth-order valence-corrected chi connectivity index (χ4v) is 1.46. The molecule has 0 N–H and O–H groups in total. The van der Waals surface area contributed by atoms with Crippen molar-refractivity contribution in [2.45, 2.75) is 45.3 Å². The monoisotopic (exact) mass is 235 g/mol. The number of nitrogens with zero attached hydrogens (tertiary/aromatic N) is 1. The first kappa shape index (κ1) is 12.9. The maximum Gasteiger partial charge on any atom is 0.411 e. The van der Waals surface area contributed by atoms with Gasteiger partial charge in [-0.2, -0.15) is 0 Å². The Morgan fingerprint density at radius 2 is 2.06 bits per heavy atom. The molecule has 1 atom stereocenters. The number of carbonyl (C=O) groups is 2. The Hall–Kier alpha value is -1.20. The highest BCUT2D eigenvalue weighted by Crippen LogP contribution is 2.23. The van der Waals surface area contributed by atoms with Gasteiger partial charge in [-0.1, -0.05) is 0 Å². The Kier molecular flexibility index (Phi) is 3.50. The molecule has 0 aromatic rings. The number of hydrogen-bond donors (Lipinski definition) is 0. The molecule has 0 spiro atoms. The topological polar surface area (TPSA) is 46.6 Å². The van der Waals surface area contributed by atoms with Crippen molar-refractivity contribution >= 4 is 11.9 Å². The zero-order valence-corrected chi connectivity index (χ0v) is 9.50. The Labute approximate surface area is 92.5 Å². The van der Waals surface area contributed by atoms with Crippen LogP contribution in [0.25, 0.3) is 0 Å². The standard InChI is InChI=1S/C10H15F2NO3/c1-10(2,3)16-9(15)13-5-6(14)4-7(13)8(11)12/h7-8H,4-5H2,1-3H3/t7-/m0/s1. The van der Waals surface area contributed by atoms with Crippen LogP contribution in [0.5, 0.6) is 0 Å². The molecule has 0 aromatic carbocycles. The number of ether oxygens (including phenoxy) is 1. The van der Waals surface area contributed by atoms with Crippen molar-refractivity contribution < 1.29 is 23.1 Å². The summed E-state index contributed by atoms with van der Waals surface area (Å²) in [5.41, 5.74) is -0.755. The molecule has 1 fully saturated rings. The van der Waals surface area contributed by atoms with E-state index in [0.717, 1.165) is 4.90 Å². The molecule has 1 aliphatic heterocycles. The average molecular weight is 235 g/mol. The summed E-state index contributed by atoms with van der Waals surface area (Å²) >= 11 is 0. The Morgan fingerprint density at radius 3 is 2.50 bits per heavy atom. The lowest BCUT2D eigenvalue weighted by Gasteiger charge is -2.27. The van der Waals surface area contributed by atoms with Crippen LogP contribution in [-0.4, -0.2) is 41.4 Å². The van der Waals surface area contributed by atoms with E-state index in [0.29, 0.717) is 0 Å². The number of ketones is 1. The van der Waals surface area contributed by atoms with Crippen LogP contribution in [0.4, 0.5) is 13.6 Å². The summed E-state index contributed by atoms with van der Waals surface area (Å²) in [5.74, 6) is -0.365. The summed E-state index contributed by atoms with van der Waals surface area (Å²) in [6, 6.07) is -1.35. The zero-order chi connectivity index (χ0) is 12.5. The molecule has 6 heteroatoms. The first-order valence-electron chi connectivity index (χ1n) is 5.00. The van der Waals surface area contributed by atoms with Gasteiger partial charge in [0.1, 0.15) is 11.6 Å². The number of rotatable bonds is 1. The van der Waals surface area contributed by atoms with Crippen molar-refractivity contribution in [3.63, 3.8) is 0 Å². The van der Waals surface area contributed by atoms with Crippen LogP contribution in [0.1, 0.15) is 27.2 Å². The quantitative estimate of drug-likeness (QED) is 0.696. The molecule has 16 heavy (non-hydrogen) atoms. The molecule has 0 saturated carbocycles. The highest BCUT2D eigenvalue weighted by Gasteiger charge is 2.41. The highest BCUT2D eigenvalue weighted by molar-refractivity contribution is 5.88. The fraction of sp³-hybridized carbons (Fsp3) is 0.800. The molecule has 1 aliphatic rings. The SMILES string of the molecule is CC(C)(C)OC(=O)N1CC(=O)C[C@H]1C(F)F. The molecule has 0 radical (unpaired) electrons. The lowest BCUT2D eigenvalue weighted by Crippen LogP contribution is -2.42. The van der Waals surface area contributed by atoms with Gasteiger partial charge in [-0.05, 0) is 20.8 Å². The van der Waals surface area contributed by atoms with E-state index in [9.17, 15) is 18.4 Å². The van der Waals surface area contributed by atoms with Crippen LogP contribution in [0.15, 0.2) is 0 Å². The van der Waals surface area contributed by atoms with E-state index in [1.165, 1.54) is 0 Å².